The van der Waals surface area contributed by atoms with Crippen LogP contribution in [0.15, 0.2) is 18.2 Å². The highest BCUT2D eigenvalue weighted by Crippen LogP contribution is 2.22. The Kier molecular flexibility index (Phi) is 3.23. The van der Waals surface area contributed by atoms with Gasteiger partial charge in [-0.05, 0) is 24.6 Å². The van der Waals surface area contributed by atoms with Crippen LogP contribution in [0, 0.1) is 18.6 Å². The number of fused-ring (bicyclic) bond motifs is 1. The standard InChI is InChI=1S/C13H11F2NO2/c1-7-3-9(6-12(17)18-2)16-13-10(7)4-8(14)5-11(13)15/h3-5H,6H2,1-2H3. The zero-order valence-corrected chi connectivity index (χ0v) is 9.96. The number of nitrogens with zero attached hydrogens (tertiary/aromatic N) is 1. The third-order valence-electron chi connectivity index (χ3n) is 2.64. The Labute approximate surface area is 102 Å². The Morgan fingerprint density at radius 1 is 1.33 bits per heavy atom. The molecule has 18 heavy (non-hydrogen) atoms. The minimum atomic E-state index is -0.736. The number of pyridine rings is 1. The van der Waals surface area contributed by atoms with Crippen molar-refractivity contribution >= 4 is 16.9 Å². The van der Waals surface area contributed by atoms with E-state index >= 15 is 0 Å². The summed E-state index contributed by atoms with van der Waals surface area (Å²) in [5, 5.41) is 0.404. The van der Waals surface area contributed by atoms with Gasteiger partial charge in [-0.15, -0.1) is 0 Å². The lowest BCUT2D eigenvalue weighted by molar-refractivity contribution is -0.139. The van der Waals surface area contributed by atoms with E-state index in [0.717, 1.165) is 6.07 Å². The number of methoxy groups -OCH3 is 1. The fourth-order valence-electron chi connectivity index (χ4n) is 1.79. The Bertz CT molecular complexity index is 626. The van der Waals surface area contributed by atoms with Gasteiger partial charge < -0.3 is 4.74 Å². The number of benzene rings is 1. The molecule has 5 heteroatoms. The van der Waals surface area contributed by atoms with E-state index in [4.69, 9.17) is 0 Å². The zero-order chi connectivity index (χ0) is 13.3. The molecule has 2 rings (SSSR count). The summed E-state index contributed by atoms with van der Waals surface area (Å²) in [7, 11) is 1.27. The maximum atomic E-state index is 13.6. The van der Waals surface area contributed by atoms with Crippen molar-refractivity contribution < 1.29 is 18.3 Å². The molecule has 1 aromatic heterocycles. The summed E-state index contributed by atoms with van der Waals surface area (Å²) in [4.78, 5) is 15.2. The molecule has 0 spiro atoms. The summed E-state index contributed by atoms with van der Waals surface area (Å²) in [6, 6.07) is 3.62. The quantitative estimate of drug-likeness (QED) is 0.770. The first-order valence-corrected chi connectivity index (χ1v) is 5.33. The first-order chi connectivity index (χ1) is 8.51. The Morgan fingerprint density at radius 3 is 2.72 bits per heavy atom. The molecule has 1 aromatic carbocycles. The van der Waals surface area contributed by atoms with Crippen LogP contribution in [-0.2, 0) is 16.0 Å². The highest BCUT2D eigenvalue weighted by molar-refractivity contribution is 5.83. The van der Waals surface area contributed by atoms with Crippen molar-refractivity contribution in [2.45, 2.75) is 13.3 Å². The lowest BCUT2D eigenvalue weighted by Crippen LogP contribution is -2.07. The van der Waals surface area contributed by atoms with E-state index in [2.05, 4.69) is 9.72 Å². The second-order valence-corrected chi connectivity index (χ2v) is 3.97. The summed E-state index contributed by atoms with van der Waals surface area (Å²) in [6.45, 7) is 1.71. The molecule has 0 saturated carbocycles. The van der Waals surface area contributed by atoms with Crippen LogP contribution in [0.4, 0.5) is 8.78 Å². The second kappa shape index (κ2) is 4.68. The van der Waals surface area contributed by atoms with Gasteiger partial charge in [-0.2, -0.15) is 0 Å². The molecule has 1 heterocycles. The first-order valence-electron chi connectivity index (χ1n) is 5.33. The topological polar surface area (TPSA) is 39.2 Å². The van der Waals surface area contributed by atoms with Crippen LogP contribution in [0.5, 0.6) is 0 Å². The minimum absolute atomic E-state index is 0.0376. The van der Waals surface area contributed by atoms with Gasteiger partial charge in [0, 0.05) is 11.5 Å². The van der Waals surface area contributed by atoms with E-state index in [9.17, 15) is 13.6 Å². The molecule has 0 radical (unpaired) electrons. The van der Waals surface area contributed by atoms with Crippen LogP contribution >= 0.6 is 0 Å². The summed E-state index contributed by atoms with van der Waals surface area (Å²) >= 11 is 0. The van der Waals surface area contributed by atoms with E-state index in [-0.39, 0.29) is 11.9 Å². The monoisotopic (exact) mass is 251 g/mol. The van der Waals surface area contributed by atoms with Gasteiger partial charge in [0.2, 0.25) is 0 Å². The molecule has 3 nitrogen and oxygen atoms in total. The van der Waals surface area contributed by atoms with E-state index in [1.54, 1.807) is 13.0 Å². The number of aryl methyl sites for hydroxylation is 1. The Hall–Kier alpha value is -2.04. The van der Waals surface area contributed by atoms with Gasteiger partial charge >= 0.3 is 5.97 Å². The van der Waals surface area contributed by atoms with Gasteiger partial charge in [-0.3, -0.25) is 4.79 Å². The third kappa shape index (κ3) is 2.30. The van der Waals surface area contributed by atoms with Crippen LogP contribution in [0.3, 0.4) is 0 Å². The molecule has 0 aliphatic heterocycles. The Morgan fingerprint density at radius 2 is 2.06 bits per heavy atom. The van der Waals surface area contributed by atoms with E-state index < -0.39 is 17.6 Å². The van der Waals surface area contributed by atoms with Crippen LogP contribution < -0.4 is 0 Å². The average molecular weight is 251 g/mol. The maximum Gasteiger partial charge on any atom is 0.311 e. The van der Waals surface area contributed by atoms with Crippen LogP contribution in [0.1, 0.15) is 11.3 Å². The average Bonchev–Trinajstić information content (AvgIpc) is 2.30. The normalized spacial score (nSPS) is 10.7. The fourth-order valence-corrected chi connectivity index (χ4v) is 1.79. The van der Waals surface area contributed by atoms with Crippen molar-refractivity contribution in [3.63, 3.8) is 0 Å². The summed E-state index contributed by atoms with van der Waals surface area (Å²) in [5.41, 5.74) is 1.13. The summed E-state index contributed by atoms with van der Waals surface area (Å²) < 4.78 is 31.2. The molecular weight excluding hydrogens is 240 g/mol. The molecule has 0 aliphatic rings. The lowest BCUT2D eigenvalue weighted by Gasteiger charge is -2.07. The minimum Gasteiger partial charge on any atom is -0.469 e. The fraction of sp³-hybridized carbons (Fsp3) is 0.231. The van der Waals surface area contributed by atoms with Crippen molar-refractivity contribution in [1.29, 1.82) is 0 Å². The second-order valence-electron chi connectivity index (χ2n) is 3.97. The largest absolute Gasteiger partial charge is 0.469 e. The number of hydrogen-bond acceptors (Lipinski definition) is 3. The molecule has 0 aliphatic carbocycles. The molecule has 0 unspecified atom stereocenters. The first kappa shape index (κ1) is 12.4. The number of carbonyl (C=O) groups excluding carboxylic acids is 1. The van der Waals surface area contributed by atoms with Gasteiger partial charge in [0.1, 0.15) is 11.3 Å². The SMILES string of the molecule is COC(=O)Cc1cc(C)c2cc(F)cc(F)c2n1. The predicted octanol–water partition coefficient (Wildman–Crippen LogP) is 2.54. The third-order valence-corrected chi connectivity index (χ3v) is 2.64. The number of aromatic nitrogens is 1. The summed E-state index contributed by atoms with van der Waals surface area (Å²) in [6.07, 6.45) is -0.0376. The molecule has 0 bridgehead atoms. The summed E-state index contributed by atoms with van der Waals surface area (Å²) in [5.74, 6) is -1.84. The smallest absolute Gasteiger partial charge is 0.311 e. The van der Waals surface area contributed by atoms with Crippen molar-refractivity contribution in [3.8, 4) is 0 Å². The zero-order valence-electron chi connectivity index (χ0n) is 9.96. The predicted molar refractivity (Wildman–Crippen MR) is 62.1 cm³/mol. The van der Waals surface area contributed by atoms with Crippen molar-refractivity contribution in [2.24, 2.45) is 0 Å². The number of hydrogen-bond donors (Lipinski definition) is 0. The van der Waals surface area contributed by atoms with Crippen LogP contribution in [0.2, 0.25) is 0 Å². The molecule has 94 valence electrons. The molecule has 0 N–H and O–H groups in total. The molecule has 0 saturated heterocycles. The van der Waals surface area contributed by atoms with E-state index in [0.29, 0.717) is 16.6 Å². The van der Waals surface area contributed by atoms with Gasteiger partial charge in [-0.1, -0.05) is 0 Å². The molecule has 0 atom stereocenters. The van der Waals surface area contributed by atoms with E-state index in [1.165, 1.54) is 13.2 Å². The van der Waals surface area contributed by atoms with Gasteiger partial charge in [-0.25, -0.2) is 13.8 Å². The van der Waals surface area contributed by atoms with Crippen LogP contribution in [0.25, 0.3) is 10.9 Å². The van der Waals surface area contributed by atoms with Crippen molar-refractivity contribution in [1.82, 2.24) is 4.98 Å². The maximum absolute atomic E-state index is 13.6. The van der Waals surface area contributed by atoms with Gasteiger partial charge in [0.25, 0.3) is 0 Å². The molecular formula is C13H11F2NO2. The number of carbonyl (C=O) groups is 1. The number of rotatable bonds is 2. The number of esters is 1. The van der Waals surface area contributed by atoms with Crippen molar-refractivity contribution in [2.75, 3.05) is 7.11 Å². The molecule has 0 amide bonds. The number of halogens is 2. The Balaban J connectivity index is 2.58. The highest BCUT2D eigenvalue weighted by Gasteiger charge is 2.11. The van der Waals surface area contributed by atoms with Crippen molar-refractivity contribution in [3.05, 3.63) is 41.1 Å². The van der Waals surface area contributed by atoms with E-state index in [1.807, 2.05) is 0 Å². The van der Waals surface area contributed by atoms with Gasteiger partial charge in [0.15, 0.2) is 5.82 Å². The van der Waals surface area contributed by atoms with Crippen LogP contribution in [-0.4, -0.2) is 18.1 Å². The molecule has 0 fully saturated rings. The van der Waals surface area contributed by atoms with Gasteiger partial charge in [0.05, 0.1) is 19.2 Å². The number of ether oxygens (including phenoxy) is 1. The highest BCUT2D eigenvalue weighted by atomic mass is 19.1. The molecule has 2 aromatic rings. The lowest BCUT2D eigenvalue weighted by atomic mass is 10.1.